The normalized spacial score (nSPS) is 13.0. The van der Waals surface area contributed by atoms with E-state index in [9.17, 15) is 18.0 Å². The molecule has 18 heavy (non-hydrogen) atoms. The first-order chi connectivity index (χ1) is 8.21. The van der Waals surface area contributed by atoms with Gasteiger partial charge in [0.1, 0.15) is 0 Å². The van der Waals surface area contributed by atoms with E-state index in [2.05, 4.69) is 12.6 Å². The summed E-state index contributed by atoms with van der Waals surface area (Å²) >= 11 is 3.57. The van der Waals surface area contributed by atoms with E-state index in [-0.39, 0.29) is 5.56 Å². The van der Waals surface area contributed by atoms with Gasteiger partial charge in [-0.1, -0.05) is 12.1 Å². The van der Waals surface area contributed by atoms with Gasteiger partial charge in [-0.25, -0.2) is 0 Å². The van der Waals surface area contributed by atoms with Crippen LogP contribution in [0.4, 0.5) is 0 Å². The van der Waals surface area contributed by atoms with Gasteiger partial charge in [0.05, 0.1) is 17.2 Å². The fourth-order valence-corrected chi connectivity index (χ4v) is 2.19. The van der Waals surface area contributed by atoms with Crippen molar-refractivity contribution in [2.45, 2.75) is 17.2 Å². The number of carbonyl (C=O) groups is 2. The second kappa shape index (κ2) is 5.51. The Hall–Kier alpha value is -1.38. The highest BCUT2D eigenvalue weighted by Crippen LogP contribution is 2.24. The van der Waals surface area contributed by atoms with Crippen LogP contribution in [0.3, 0.4) is 0 Å². The van der Waals surface area contributed by atoms with Gasteiger partial charge in [-0.15, -0.1) is 12.6 Å². The summed E-state index contributed by atoms with van der Waals surface area (Å²) in [6, 6.07) is 4.90. The number of benzene rings is 1. The Morgan fingerprint density at radius 1 is 1.33 bits per heavy atom. The summed E-state index contributed by atoms with van der Waals surface area (Å²) in [6.45, 7) is 0. The van der Waals surface area contributed by atoms with Crippen molar-refractivity contribution in [2.75, 3.05) is 0 Å². The zero-order valence-electron chi connectivity index (χ0n) is 8.98. The van der Waals surface area contributed by atoms with Gasteiger partial charge < -0.3 is 5.11 Å². The molecule has 0 spiro atoms. The number of hydrogen-bond acceptors (Lipinski definition) is 4. The minimum atomic E-state index is -4.40. The van der Waals surface area contributed by atoms with Crippen LogP contribution in [0.15, 0.2) is 29.2 Å². The summed E-state index contributed by atoms with van der Waals surface area (Å²) in [5.41, 5.74) is 0.174. The van der Waals surface area contributed by atoms with Gasteiger partial charge in [-0.2, -0.15) is 8.42 Å². The van der Waals surface area contributed by atoms with E-state index >= 15 is 0 Å². The lowest BCUT2D eigenvalue weighted by atomic mass is 9.97. The molecule has 0 saturated carbocycles. The molecular formula is C10H10O6S2. The molecule has 1 aromatic carbocycles. The Balaban J connectivity index is 3.22. The fourth-order valence-electron chi connectivity index (χ4n) is 1.41. The highest BCUT2D eigenvalue weighted by molar-refractivity contribution is 7.96. The molecular weight excluding hydrogens is 280 g/mol. The summed E-state index contributed by atoms with van der Waals surface area (Å²) < 4.78 is 30.7. The molecule has 0 heterocycles. The van der Waals surface area contributed by atoms with Crippen LogP contribution >= 0.6 is 12.6 Å². The van der Waals surface area contributed by atoms with E-state index in [1.165, 1.54) is 12.1 Å². The minimum Gasteiger partial charge on any atom is -0.481 e. The Morgan fingerprint density at radius 2 is 1.94 bits per heavy atom. The lowest BCUT2D eigenvalue weighted by Crippen LogP contribution is -2.13. The van der Waals surface area contributed by atoms with Gasteiger partial charge >= 0.3 is 5.97 Å². The van der Waals surface area contributed by atoms with Crippen molar-refractivity contribution in [1.82, 2.24) is 0 Å². The van der Waals surface area contributed by atoms with E-state index in [0.29, 0.717) is 0 Å². The second-order valence-electron chi connectivity index (χ2n) is 3.54. The predicted molar refractivity (Wildman–Crippen MR) is 65.2 cm³/mol. The van der Waals surface area contributed by atoms with E-state index < -0.39 is 38.4 Å². The summed E-state index contributed by atoms with van der Waals surface area (Å²) in [7, 11) is -4.40. The molecule has 6 nitrogen and oxygen atoms in total. The van der Waals surface area contributed by atoms with Crippen LogP contribution in [-0.2, 0) is 19.7 Å². The van der Waals surface area contributed by atoms with Crippen molar-refractivity contribution in [3.63, 3.8) is 0 Å². The van der Waals surface area contributed by atoms with Crippen LogP contribution < -0.4 is 0 Å². The van der Waals surface area contributed by atoms with Gasteiger partial charge in [0.15, 0.2) is 5.12 Å². The van der Waals surface area contributed by atoms with E-state index in [4.69, 9.17) is 9.66 Å². The summed E-state index contributed by atoms with van der Waals surface area (Å²) in [6.07, 6.45) is -0.503. The van der Waals surface area contributed by atoms with E-state index in [0.717, 1.165) is 12.1 Å². The fraction of sp³-hybridized carbons (Fsp3) is 0.200. The van der Waals surface area contributed by atoms with Crippen molar-refractivity contribution in [1.29, 1.82) is 0 Å². The van der Waals surface area contributed by atoms with Crippen molar-refractivity contribution in [2.24, 2.45) is 0 Å². The van der Waals surface area contributed by atoms with Gasteiger partial charge in [0, 0.05) is 0 Å². The topological polar surface area (TPSA) is 109 Å². The van der Waals surface area contributed by atoms with Crippen LogP contribution in [0, 0.1) is 0 Å². The molecule has 0 aliphatic rings. The smallest absolute Gasteiger partial charge is 0.304 e. The van der Waals surface area contributed by atoms with Crippen molar-refractivity contribution < 1.29 is 27.7 Å². The maximum absolute atomic E-state index is 11.2. The number of aliphatic carboxylic acids is 1. The van der Waals surface area contributed by atoms with Crippen molar-refractivity contribution in [3.05, 3.63) is 29.8 Å². The van der Waals surface area contributed by atoms with E-state index in [1.807, 2.05) is 0 Å². The van der Waals surface area contributed by atoms with Gasteiger partial charge in [-0.05, 0) is 17.7 Å². The molecule has 98 valence electrons. The average Bonchev–Trinajstić information content (AvgIpc) is 2.24. The monoisotopic (exact) mass is 290 g/mol. The van der Waals surface area contributed by atoms with Crippen LogP contribution in [0.25, 0.3) is 0 Å². The molecule has 0 saturated heterocycles. The van der Waals surface area contributed by atoms with Gasteiger partial charge in [-0.3, -0.25) is 14.1 Å². The first-order valence-corrected chi connectivity index (χ1v) is 6.62. The summed E-state index contributed by atoms with van der Waals surface area (Å²) in [5, 5.41) is 7.98. The standard InChI is InChI=1S/C10H10O6S2/c11-9(12)5-8(10(13)17)6-2-1-3-7(4-6)18(14,15)16/h1-4,8H,5H2,(H,11,12)(H,13,17)(H,14,15,16). The molecule has 1 atom stereocenters. The van der Waals surface area contributed by atoms with E-state index in [1.54, 1.807) is 0 Å². The van der Waals surface area contributed by atoms with Crippen LogP contribution in [-0.4, -0.2) is 29.2 Å². The zero-order chi connectivity index (χ0) is 13.9. The average molecular weight is 290 g/mol. The van der Waals surface area contributed by atoms with Crippen LogP contribution in [0.1, 0.15) is 17.9 Å². The van der Waals surface area contributed by atoms with Crippen molar-refractivity contribution in [3.8, 4) is 0 Å². The first-order valence-electron chi connectivity index (χ1n) is 4.74. The maximum atomic E-state index is 11.2. The molecule has 0 aromatic heterocycles. The molecule has 2 N–H and O–H groups in total. The quantitative estimate of drug-likeness (QED) is 0.550. The third kappa shape index (κ3) is 3.83. The first kappa shape index (κ1) is 14.7. The molecule has 1 rings (SSSR count). The highest BCUT2D eigenvalue weighted by atomic mass is 32.2. The number of carbonyl (C=O) groups excluding carboxylic acids is 1. The summed E-state index contributed by atoms with van der Waals surface area (Å²) in [4.78, 5) is 21.4. The maximum Gasteiger partial charge on any atom is 0.304 e. The number of hydrogen-bond donors (Lipinski definition) is 3. The lowest BCUT2D eigenvalue weighted by Gasteiger charge is -2.11. The second-order valence-corrected chi connectivity index (χ2v) is 5.40. The molecule has 0 fully saturated rings. The largest absolute Gasteiger partial charge is 0.481 e. The Labute approximate surface area is 109 Å². The Kier molecular flexibility index (Phi) is 4.49. The zero-order valence-corrected chi connectivity index (χ0v) is 10.7. The Morgan fingerprint density at radius 3 is 2.39 bits per heavy atom. The number of carboxylic acids is 1. The molecule has 0 amide bonds. The van der Waals surface area contributed by atoms with Crippen LogP contribution in [0.5, 0.6) is 0 Å². The number of carboxylic acid groups (broad SMARTS) is 1. The lowest BCUT2D eigenvalue weighted by molar-refractivity contribution is -0.138. The number of rotatable bonds is 5. The molecule has 1 unspecified atom stereocenters. The van der Waals surface area contributed by atoms with Gasteiger partial charge in [0.2, 0.25) is 0 Å². The van der Waals surface area contributed by atoms with Gasteiger partial charge in [0.25, 0.3) is 10.1 Å². The minimum absolute atomic E-state index is 0.174. The summed E-state index contributed by atoms with van der Waals surface area (Å²) in [5.74, 6) is -2.27. The molecule has 8 heteroatoms. The molecule has 0 aliphatic carbocycles. The third-order valence-electron chi connectivity index (χ3n) is 2.24. The predicted octanol–water partition coefficient (Wildman–Crippen LogP) is 0.948. The highest BCUT2D eigenvalue weighted by Gasteiger charge is 2.22. The Bertz CT molecular complexity index is 578. The molecule has 0 bridgehead atoms. The third-order valence-corrected chi connectivity index (χ3v) is 3.40. The number of thiol groups is 1. The SMILES string of the molecule is O=C(O)CC(C(=O)S)c1cccc(S(=O)(=O)O)c1. The molecule has 1 aromatic rings. The van der Waals surface area contributed by atoms with Crippen LogP contribution in [0.2, 0.25) is 0 Å². The molecule has 0 aliphatic heterocycles. The molecule has 0 radical (unpaired) electrons. The van der Waals surface area contributed by atoms with Crippen molar-refractivity contribution >= 4 is 33.8 Å².